The van der Waals surface area contributed by atoms with E-state index in [1.165, 1.54) is 26.4 Å². The summed E-state index contributed by atoms with van der Waals surface area (Å²) >= 11 is 0. The number of esters is 1. The highest BCUT2D eigenvalue weighted by molar-refractivity contribution is 5.75. The number of carbonyl (C=O) groups is 1. The number of methoxy groups -OCH3 is 1. The Morgan fingerprint density at radius 1 is 1.50 bits per heavy atom. The van der Waals surface area contributed by atoms with Gasteiger partial charge >= 0.3 is 5.97 Å². The predicted octanol–water partition coefficient (Wildman–Crippen LogP) is 0.999. The molecule has 4 nitrogen and oxygen atoms in total. The Balaban J connectivity index is 2.23. The molecule has 16 heavy (non-hydrogen) atoms. The maximum absolute atomic E-state index is 11.1. The summed E-state index contributed by atoms with van der Waals surface area (Å²) < 4.78 is 4.61. The van der Waals surface area contributed by atoms with E-state index in [-0.39, 0.29) is 5.97 Å². The molecule has 0 saturated carbocycles. The second kappa shape index (κ2) is 6.86. The zero-order chi connectivity index (χ0) is 12.0. The quantitative estimate of drug-likeness (QED) is 0.729. The first-order valence-corrected chi connectivity index (χ1v) is 6.19. The molecule has 1 fully saturated rings. The van der Waals surface area contributed by atoms with Crippen LogP contribution in [0.5, 0.6) is 0 Å². The van der Waals surface area contributed by atoms with Gasteiger partial charge in [0.25, 0.3) is 0 Å². The molecule has 2 unspecified atom stereocenters. The van der Waals surface area contributed by atoms with Gasteiger partial charge in [0.15, 0.2) is 0 Å². The third-order valence-electron chi connectivity index (χ3n) is 3.37. The third kappa shape index (κ3) is 4.49. The van der Waals surface area contributed by atoms with Crippen molar-refractivity contribution < 1.29 is 9.53 Å². The normalized spacial score (nSPS) is 24.8. The van der Waals surface area contributed by atoms with E-state index in [2.05, 4.69) is 16.6 Å². The zero-order valence-electron chi connectivity index (χ0n) is 10.4. The van der Waals surface area contributed by atoms with E-state index in [0.717, 1.165) is 25.6 Å². The molecule has 1 aliphatic rings. The van der Waals surface area contributed by atoms with E-state index < -0.39 is 6.04 Å². The molecular weight excluding hydrogens is 204 g/mol. The lowest BCUT2D eigenvalue weighted by Gasteiger charge is -2.21. The van der Waals surface area contributed by atoms with Crippen LogP contribution in [-0.4, -0.2) is 43.7 Å². The molecule has 0 aromatic carbocycles. The van der Waals surface area contributed by atoms with Gasteiger partial charge in [-0.3, -0.25) is 4.79 Å². The molecule has 4 heteroatoms. The van der Waals surface area contributed by atoms with Gasteiger partial charge in [-0.05, 0) is 44.7 Å². The lowest BCUT2D eigenvalue weighted by atomic mass is 10.0. The number of nitrogens with zero attached hydrogens (tertiary/aromatic N) is 1. The molecule has 94 valence electrons. The average Bonchev–Trinajstić information content (AvgIpc) is 2.50. The van der Waals surface area contributed by atoms with Crippen LogP contribution in [0.25, 0.3) is 0 Å². The fraction of sp³-hybridized carbons (Fsp3) is 0.917. The van der Waals surface area contributed by atoms with Crippen LogP contribution in [0.4, 0.5) is 0 Å². The first kappa shape index (κ1) is 13.5. The number of carbonyl (C=O) groups excluding carboxylic acids is 1. The molecule has 0 radical (unpaired) electrons. The second-order valence-corrected chi connectivity index (χ2v) is 4.80. The Hall–Kier alpha value is -0.610. The van der Waals surface area contributed by atoms with Crippen LogP contribution in [0.2, 0.25) is 0 Å². The molecule has 2 N–H and O–H groups in total. The number of rotatable bonds is 4. The Kier molecular flexibility index (Phi) is 5.77. The van der Waals surface area contributed by atoms with Crippen LogP contribution in [-0.2, 0) is 9.53 Å². The SMILES string of the molecule is COC(=O)C(N)CCN1CCCC(C)CC1. The van der Waals surface area contributed by atoms with Crippen LogP contribution in [0, 0.1) is 5.92 Å². The molecule has 2 atom stereocenters. The maximum atomic E-state index is 11.1. The monoisotopic (exact) mass is 228 g/mol. The zero-order valence-corrected chi connectivity index (χ0v) is 10.4. The number of nitrogens with two attached hydrogens (primary N) is 1. The summed E-state index contributed by atoms with van der Waals surface area (Å²) in [6.07, 6.45) is 4.53. The minimum atomic E-state index is -0.467. The van der Waals surface area contributed by atoms with Crippen molar-refractivity contribution in [2.75, 3.05) is 26.7 Å². The molecule has 1 rings (SSSR count). The van der Waals surface area contributed by atoms with Gasteiger partial charge in [-0.1, -0.05) is 6.92 Å². The Labute approximate surface area is 98.1 Å². The van der Waals surface area contributed by atoms with Gasteiger partial charge in [0.2, 0.25) is 0 Å². The number of ether oxygens (including phenoxy) is 1. The van der Waals surface area contributed by atoms with Gasteiger partial charge in [-0.25, -0.2) is 0 Å². The fourth-order valence-corrected chi connectivity index (χ4v) is 2.14. The lowest BCUT2D eigenvalue weighted by Crippen LogP contribution is -2.36. The highest BCUT2D eigenvalue weighted by Crippen LogP contribution is 2.16. The molecule has 1 aliphatic heterocycles. The lowest BCUT2D eigenvalue weighted by molar-refractivity contribution is -0.142. The van der Waals surface area contributed by atoms with Crippen molar-refractivity contribution in [2.24, 2.45) is 11.7 Å². The summed E-state index contributed by atoms with van der Waals surface area (Å²) in [4.78, 5) is 13.5. The topological polar surface area (TPSA) is 55.6 Å². The molecule has 0 bridgehead atoms. The standard InChI is InChI=1S/C12H24N2O2/c1-10-4-3-7-14(8-5-10)9-6-11(13)12(15)16-2/h10-11H,3-9,13H2,1-2H3. The van der Waals surface area contributed by atoms with Crippen LogP contribution in [0.3, 0.4) is 0 Å². The van der Waals surface area contributed by atoms with Crippen molar-refractivity contribution in [3.05, 3.63) is 0 Å². The highest BCUT2D eigenvalue weighted by atomic mass is 16.5. The van der Waals surface area contributed by atoms with Crippen molar-refractivity contribution in [3.63, 3.8) is 0 Å². The van der Waals surface area contributed by atoms with Gasteiger partial charge in [0, 0.05) is 6.54 Å². The largest absolute Gasteiger partial charge is 0.468 e. The summed E-state index contributed by atoms with van der Waals surface area (Å²) in [5.74, 6) is 0.530. The summed E-state index contributed by atoms with van der Waals surface area (Å²) in [7, 11) is 1.38. The molecule has 1 saturated heterocycles. The van der Waals surface area contributed by atoms with E-state index in [4.69, 9.17) is 5.73 Å². The average molecular weight is 228 g/mol. The maximum Gasteiger partial charge on any atom is 0.322 e. The van der Waals surface area contributed by atoms with Gasteiger partial charge in [-0.2, -0.15) is 0 Å². The van der Waals surface area contributed by atoms with Gasteiger partial charge in [-0.15, -0.1) is 0 Å². The van der Waals surface area contributed by atoms with Crippen molar-refractivity contribution in [1.82, 2.24) is 4.90 Å². The Morgan fingerprint density at radius 2 is 2.25 bits per heavy atom. The molecule has 0 spiro atoms. The fourth-order valence-electron chi connectivity index (χ4n) is 2.14. The highest BCUT2D eigenvalue weighted by Gasteiger charge is 2.17. The number of hydrogen-bond acceptors (Lipinski definition) is 4. The van der Waals surface area contributed by atoms with E-state index in [9.17, 15) is 4.79 Å². The van der Waals surface area contributed by atoms with Crippen LogP contribution >= 0.6 is 0 Å². The summed E-state index contributed by atoms with van der Waals surface area (Å²) in [6, 6.07) is -0.467. The third-order valence-corrected chi connectivity index (χ3v) is 3.37. The smallest absolute Gasteiger partial charge is 0.322 e. The molecule has 0 aliphatic carbocycles. The van der Waals surface area contributed by atoms with E-state index >= 15 is 0 Å². The molecule has 0 aromatic heterocycles. The van der Waals surface area contributed by atoms with Crippen molar-refractivity contribution in [3.8, 4) is 0 Å². The van der Waals surface area contributed by atoms with Gasteiger partial charge in [0.1, 0.15) is 6.04 Å². The van der Waals surface area contributed by atoms with E-state index in [1.54, 1.807) is 0 Å². The molecule has 0 amide bonds. The first-order chi connectivity index (χ1) is 7.63. The number of hydrogen-bond donors (Lipinski definition) is 1. The van der Waals surface area contributed by atoms with Gasteiger partial charge < -0.3 is 15.4 Å². The van der Waals surface area contributed by atoms with E-state index in [1.807, 2.05) is 0 Å². The molecule has 0 aromatic rings. The van der Waals surface area contributed by atoms with Crippen molar-refractivity contribution >= 4 is 5.97 Å². The second-order valence-electron chi connectivity index (χ2n) is 4.80. The van der Waals surface area contributed by atoms with Crippen LogP contribution < -0.4 is 5.73 Å². The van der Waals surface area contributed by atoms with Crippen LogP contribution in [0.1, 0.15) is 32.6 Å². The van der Waals surface area contributed by atoms with Crippen molar-refractivity contribution in [2.45, 2.75) is 38.6 Å². The summed E-state index contributed by atoms with van der Waals surface area (Å²) in [5, 5.41) is 0. The Morgan fingerprint density at radius 3 is 2.94 bits per heavy atom. The predicted molar refractivity (Wildman–Crippen MR) is 64.1 cm³/mol. The molecular formula is C12H24N2O2. The van der Waals surface area contributed by atoms with E-state index in [0.29, 0.717) is 6.42 Å². The minimum absolute atomic E-state index is 0.303. The van der Waals surface area contributed by atoms with Crippen LogP contribution in [0.15, 0.2) is 0 Å². The first-order valence-electron chi connectivity index (χ1n) is 6.19. The summed E-state index contributed by atoms with van der Waals surface area (Å²) in [5.41, 5.74) is 5.71. The van der Waals surface area contributed by atoms with Crippen molar-refractivity contribution in [1.29, 1.82) is 0 Å². The minimum Gasteiger partial charge on any atom is -0.468 e. The van der Waals surface area contributed by atoms with Gasteiger partial charge in [0.05, 0.1) is 7.11 Å². The summed E-state index contributed by atoms with van der Waals surface area (Å²) in [6.45, 7) is 5.49. The molecule has 1 heterocycles. The number of likely N-dealkylation sites (tertiary alicyclic amines) is 1. The Bertz CT molecular complexity index is 221.